The van der Waals surface area contributed by atoms with E-state index in [-0.39, 0.29) is 0 Å². The van der Waals surface area contributed by atoms with Gasteiger partial charge in [0.25, 0.3) is 0 Å². The van der Waals surface area contributed by atoms with Crippen molar-refractivity contribution in [2.24, 2.45) is 0 Å². The first-order valence-electron chi connectivity index (χ1n) is 9.12. The quantitative estimate of drug-likeness (QED) is 0.392. The van der Waals surface area contributed by atoms with Crippen molar-refractivity contribution < 1.29 is 4.74 Å². The molecule has 4 aromatic rings. The molecule has 0 spiro atoms. The molecule has 0 saturated heterocycles. The summed E-state index contributed by atoms with van der Waals surface area (Å²) in [4.78, 5) is 0. The Kier molecular flexibility index (Phi) is 3.84. The van der Waals surface area contributed by atoms with Crippen molar-refractivity contribution in [2.45, 2.75) is 0 Å². The molecule has 0 saturated carbocycles. The Morgan fingerprint density at radius 3 is 1.93 bits per heavy atom. The van der Waals surface area contributed by atoms with Crippen LogP contribution in [-0.4, -0.2) is 0 Å². The van der Waals surface area contributed by atoms with Gasteiger partial charge in [0.05, 0.1) is 6.26 Å². The van der Waals surface area contributed by atoms with Gasteiger partial charge in [-0.25, -0.2) is 0 Å². The van der Waals surface area contributed by atoms with E-state index in [0.29, 0.717) is 0 Å². The van der Waals surface area contributed by atoms with Gasteiger partial charge in [-0.2, -0.15) is 0 Å². The Morgan fingerprint density at radius 2 is 1.22 bits per heavy atom. The summed E-state index contributed by atoms with van der Waals surface area (Å²) >= 11 is 0. The van der Waals surface area contributed by atoms with Crippen molar-refractivity contribution in [2.75, 3.05) is 0 Å². The van der Waals surface area contributed by atoms with Gasteiger partial charge >= 0.3 is 0 Å². The smallest absolute Gasteiger partial charge is 0.135 e. The molecule has 0 aliphatic carbocycles. The number of hydrogen-bond donors (Lipinski definition) is 0. The lowest BCUT2D eigenvalue weighted by Crippen LogP contribution is -2.01. The van der Waals surface area contributed by atoms with Crippen molar-refractivity contribution in [3.8, 4) is 5.75 Å². The zero-order chi connectivity index (χ0) is 18.1. The molecule has 0 atom stereocenters. The van der Waals surface area contributed by atoms with Crippen molar-refractivity contribution in [1.82, 2.24) is 0 Å². The molecule has 0 N–H and O–H groups in total. The predicted octanol–water partition coefficient (Wildman–Crippen LogP) is 6.71. The molecule has 0 unspecified atom stereocenters. The first-order valence-corrected chi connectivity index (χ1v) is 9.12. The highest BCUT2D eigenvalue weighted by Gasteiger charge is 2.20. The summed E-state index contributed by atoms with van der Waals surface area (Å²) in [5.41, 5.74) is 5.95. The maximum absolute atomic E-state index is 5.87. The summed E-state index contributed by atoms with van der Waals surface area (Å²) in [6.07, 6.45) is 3.88. The minimum atomic E-state index is 0.899. The van der Waals surface area contributed by atoms with Gasteiger partial charge in [-0.05, 0) is 45.2 Å². The standard InChI is InChI=1S/C26H18O/c1-3-10-20(11-4-1)25(21-12-5-2-6-13-21)23-17-18-27-24-16-15-19-9-7-8-14-22(19)26(23)24/h1-18H. The lowest BCUT2D eigenvalue weighted by molar-refractivity contribution is 0.477. The summed E-state index contributed by atoms with van der Waals surface area (Å²) in [6, 6.07) is 33.8. The van der Waals surface area contributed by atoms with Gasteiger partial charge in [-0.3, -0.25) is 0 Å². The van der Waals surface area contributed by atoms with Crippen LogP contribution in [0.25, 0.3) is 21.9 Å². The third kappa shape index (κ3) is 2.74. The maximum atomic E-state index is 5.87. The lowest BCUT2D eigenvalue weighted by atomic mass is 9.86. The van der Waals surface area contributed by atoms with Crippen molar-refractivity contribution in [3.63, 3.8) is 0 Å². The Balaban J connectivity index is 1.90. The Hall–Kier alpha value is -3.58. The molecule has 128 valence electrons. The highest BCUT2D eigenvalue weighted by atomic mass is 16.5. The molecular weight excluding hydrogens is 328 g/mol. The summed E-state index contributed by atoms with van der Waals surface area (Å²) in [7, 11) is 0. The van der Waals surface area contributed by atoms with Crippen LogP contribution in [0.1, 0.15) is 16.7 Å². The van der Waals surface area contributed by atoms with Crippen LogP contribution in [0, 0.1) is 0 Å². The zero-order valence-corrected chi connectivity index (χ0v) is 14.8. The molecule has 1 heteroatoms. The number of hydrogen-bond acceptors (Lipinski definition) is 1. The number of rotatable bonds is 2. The van der Waals surface area contributed by atoms with E-state index in [1.807, 2.05) is 0 Å². The molecule has 0 aromatic heterocycles. The Morgan fingerprint density at radius 1 is 0.593 bits per heavy atom. The average Bonchev–Trinajstić information content (AvgIpc) is 2.75. The molecule has 0 radical (unpaired) electrons. The van der Waals surface area contributed by atoms with Crippen molar-refractivity contribution >= 4 is 21.9 Å². The van der Waals surface area contributed by atoms with Gasteiger partial charge in [-0.1, -0.05) is 91.0 Å². The predicted molar refractivity (Wildman–Crippen MR) is 113 cm³/mol. The SMILES string of the molecule is C1=CC(=C(c2ccccc2)c2ccccc2)c2c(ccc3ccccc23)O1. The molecule has 0 amide bonds. The van der Waals surface area contributed by atoms with Crippen LogP contribution < -0.4 is 4.74 Å². The van der Waals surface area contributed by atoms with Gasteiger partial charge in [0, 0.05) is 5.56 Å². The van der Waals surface area contributed by atoms with Crippen LogP contribution in [0.5, 0.6) is 5.75 Å². The van der Waals surface area contributed by atoms with E-state index in [0.717, 1.165) is 11.3 Å². The van der Waals surface area contributed by atoms with Crippen LogP contribution in [0.15, 0.2) is 109 Å². The number of allylic oxidation sites excluding steroid dienone is 2. The third-order valence-corrected chi connectivity index (χ3v) is 4.98. The summed E-state index contributed by atoms with van der Waals surface area (Å²) in [5, 5.41) is 2.42. The summed E-state index contributed by atoms with van der Waals surface area (Å²) in [5.74, 6) is 0.899. The van der Waals surface area contributed by atoms with Crippen molar-refractivity contribution in [1.29, 1.82) is 0 Å². The van der Waals surface area contributed by atoms with Crippen LogP contribution in [-0.2, 0) is 0 Å². The van der Waals surface area contributed by atoms with Gasteiger partial charge < -0.3 is 4.74 Å². The zero-order valence-electron chi connectivity index (χ0n) is 14.8. The van der Waals surface area contributed by atoms with Gasteiger partial charge in [0.2, 0.25) is 0 Å². The number of fused-ring (bicyclic) bond motifs is 3. The first kappa shape index (κ1) is 15.7. The first-order chi connectivity index (χ1) is 13.4. The number of ether oxygens (including phenoxy) is 1. The van der Waals surface area contributed by atoms with Gasteiger partial charge in [0.1, 0.15) is 5.75 Å². The molecule has 0 bridgehead atoms. The van der Waals surface area contributed by atoms with E-state index in [1.54, 1.807) is 6.26 Å². The summed E-state index contributed by atoms with van der Waals surface area (Å²) in [6.45, 7) is 0. The summed E-state index contributed by atoms with van der Waals surface area (Å²) < 4.78 is 5.87. The minimum absolute atomic E-state index is 0.899. The molecule has 1 heterocycles. The van der Waals surface area contributed by atoms with Crippen LogP contribution in [0.2, 0.25) is 0 Å². The highest BCUT2D eigenvalue weighted by Crippen LogP contribution is 2.42. The van der Waals surface area contributed by atoms with E-state index >= 15 is 0 Å². The lowest BCUT2D eigenvalue weighted by Gasteiger charge is -2.21. The highest BCUT2D eigenvalue weighted by molar-refractivity contribution is 6.10. The van der Waals surface area contributed by atoms with Crippen LogP contribution in [0.4, 0.5) is 0 Å². The van der Waals surface area contributed by atoms with Crippen molar-refractivity contribution in [3.05, 3.63) is 126 Å². The molecule has 27 heavy (non-hydrogen) atoms. The van der Waals surface area contributed by atoms with E-state index < -0.39 is 0 Å². The number of benzene rings is 4. The van der Waals surface area contributed by atoms with Crippen LogP contribution in [0.3, 0.4) is 0 Å². The fourth-order valence-electron chi connectivity index (χ4n) is 3.78. The van der Waals surface area contributed by atoms with E-state index in [1.165, 1.54) is 33.0 Å². The third-order valence-electron chi connectivity index (χ3n) is 4.98. The molecule has 5 rings (SSSR count). The van der Waals surface area contributed by atoms with Gasteiger partial charge in [-0.15, -0.1) is 0 Å². The van der Waals surface area contributed by atoms with Crippen LogP contribution >= 0.6 is 0 Å². The Labute approximate surface area is 158 Å². The topological polar surface area (TPSA) is 9.23 Å². The maximum Gasteiger partial charge on any atom is 0.135 e. The van der Waals surface area contributed by atoms with Gasteiger partial charge in [0.15, 0.2) is 0 Å². The second-order valence-corrected chi connectivity index (χ2v) is 6.60. The monoisotopic (exact) mass is 346 g/mol. The largest absolute Gasteiger partial charge is 0.464 e. The molecule has 1 aliphatic heterocycles. The second kappa shape index (κ2) is 6.62. The normalized spacial score (nSPS) is 12.5. The molecule has 1 aliphatic rings. The minimum Gasteiger partial charge on any atom is -0.464 e. The molecular formula is C26H18O. The second-order valence-electron chi connectivity index (χ2n) is 6.60. The van der Waals surface area contributed by atoms with E-state index in [9.17, 15) is 0 Å². The molecule has 0 fully saturated rings. The fraction of sp³-hybridized carbons (Fsp3) is 0. The average molecular weight is 346 g/mol. The molecule has 4 aromatic carbocycles. The van der Waals surface area contributed by atoms with E-state index in [2.05, 4.69) is 103 Å². The fourth-order valence-corrected chi connectivity index (χ4v) is 3.78. The molecule has 1 nitrogen and oxygen atoms in total. The Bertz CT molecular complexity index is 1130. The van der Waals surface area contributed by atoms with E-state index in [4.69, 9.17) is 4.74 Å².